The predicted molar refractivity (Wildman–Crippen MR) is 79.5 cm³/mol. The van der Waals surface area contributed by atoms with Crippen molar-refractivity contribution in [3.05, 3.63) is 29.6 Å². The van der Waals surface area contributed by atoms with Gasteiger partial charge in [0, 0.05) is 12.5 Å². The molecule has 4 atom stereocenters. The van der Waals surface area contributed by atoms with Crippen LogP contribution in [-0.2, 0) is 5.60 Å². The van der Waals surface area contributed by atoms with Crippen LogP contribution in [0.15, 0.2) is 18.2 Å². The first-order valence-electron chi connectivity index (χ1n) is 7.76. The highest BCUT2D eigenvalue weighted by Crippen LogP contribution is 2.54. The molecule has 4 heteroatoms. The molecule has 2 saturated carbocycles. The minimum absolute atomic E-state index is 0.135. The summed E-state index contributed by atoms with van der Waals surface area (Å²) in [6, 6.07) is 4.29. The van der Waals surface area contributed by atoms with E-state index in [1.165, 1.54) is 31.4 Å². The molecule has 2 aliphatic rings. The van der Waals surface area contributed by atoms with Crippen LogP contribution in [-0.4, -0.2) is 35.8 Å². The molecule has 0 aromatic heterocycles. The zero-order valence-electron chi connectivity index (χ0n) is 12.7. The van der Waals surface area contributed by atoms with Crippen molar-refractivity contribution in [3.63, 3.8) is 0 Å². The van der Waals surface area contributed by atoms with E-state index < -0.39 is 11.4 Å². The van der Waals surface area contributed by atoms with Crippen LogP contribution in [0.5, 0.6) is 5.75 Å². The van der Waals surface area contributed by atoms with Crippen LogP contribution in [0.25, 0.3) is 0 Å². The van der Waals surface area contributed by atoms with E-state index >= 15 is 0 Å². The van der Waals surface area contributed by atoms with Crippen LogP contribution < -0.4 is 0 Å². The molecule has 2 bridgehead atoms. The fourth-order valence-electron chi connectivity index (χ4n) is 4.45. The molecule has 2 N–H and O–H groups in total. The number of halogens is 1. The van der Waals surface area contributed by atoms with E-state index in [-0.39, 0.29) is 11.7 Å². The number of benzene rings is 1. The zero-order valence-corrected chi connectivity index (χ0v) is 12.7. The summed E-state index contributed by atoms with van der Waals surface area (Å²) in [5, 5.41) is 21.1. The fraction of sp³-hybridized carbons (Fsp3) is 0.647. The minimum atomic E-state index is -0.959. The SMILES string of the molecule is CN(C)C[C@H]1[C@H]2CC[C@H](C2)C[C@]1(O)c1ccc(F)c(O)c1. The molecule has 0 heterocycles. The second-order valence-electron chi connectivity index (χ2n) is 7.10. The lowest BCUT2D eigenvalue weighted by Crippen LogP contribution is -2.47. The van der Waals surface area contributed by atoms with Gasteiger partial charge in [0.2, 0.25) is 0 Å². The van der Waals surface area contributed by atoms with E-state index in [1.54, 1.807) is 6.07 Å². The van der Waals surface area contributed by atoms with E-state index in [0.29, 0.717) is 23.8 Å². The summed E-state index contributed by atoms with van der Waals surface area (Å²) in [7, 11) is 4.03. The Hall–Kier alpha value is -1.13. The maximum Gasteiger partial charge on any atom is 0.164 e. The molecule has 0 unspecified atom stereocenters. The number of aliphatic hydroxyl groups is 1. The van der Waals surface area contributed by atoms with Crippen molar-refractivity contribution < 1.29 is 14.6 Å². The summed E-state index contributed by atoms with van der Waals surface area (Å²) < 4.78 is 13.3. The highest BCUT2D eigenvalue weighted by atomic mass is 19.1. The summed E-state index contributed by atoms with van der Waals surface area (Å²) in [6.07, 6.45) is 4.24. The van der Waals surface area contributed by atoms with Crippen molar-refractivity contribution in [3.8, 4) is 5.75 Å². The monoisotopic (exact) mass is 293 g/mol. The maximum atomic E-state index is 13.3. The van der Waals surface area contributed by atoms with Crippen LogP contribution in [0.2, 0.25) is 0 Å². The Labute approximate surface area is 125 Å². The molecule has 2 aliphatic carbocycles. The van der Waals surface area contributed by atoms with Gasteiger partial charge in [0.15, 0.2) is 11.6 Å². The van der Waals surface area contributed by atoms with Gasteiger partial charge in [-0.3, -0.25) is 0 Å². The molecule has 116 valence electrons. The van der Waals surface area contributed by atoms with Gasteiger partial charge < -0.3 is 15.1 Å². The lowest BCUT2D eigenvalue weighted by Gasteiger charge is -2.45. The third-order valence-electron chi connectivity index (χ3n) is 5.37. The van der Waals surface area contributed by atoms with Gasteiger partial charge in [-0.25, -0.2) is 4.39 Å². The number of fused-ring (bicyclic) bond motifs is 2. The zero-order chi connectivity index (χ0) is 15.2. The first-order valence-corrected chi connectivity index (χ1v) is 7.76. The Morgan fingerprint density at radius 1 is 1.33 bits per heavy atom. The average molecular weight is 293 g/mol. The molecule has 3 rings (SSSR count). The summed E-state index contributed by atoms with van der Waals surface area (Å²) in [4.78, 5) is 2.11. The molecule has 0 aliphatic heterocycles. The van der Waals surface area contributed by atoms with Crippen LogP contribution in [0, 0.1) is 23.6 Å². The Bertz CT molecular complexity index is 534. The number of hydrogen-bond donors (Lipinski definition) is 2. The Morgan fingerprint density at radius 3 is 2.76 bits per heavy atom. The van der Waals surface area contributed by atoms with Crippen LogP contribution in [0.1, 0.15) is 31.2 Å². The van der Waals surface area contributed by atoms with Gasteiger partial charge in [-0.1, -0.05) is 12.5 Å². The van der Waals surface area contributed by atoms with E-state index in [0.717, 1.165) is 6.54 Å². The number of phenols is 1. The summed E-state index contributed by atoms with van der Waals surface area (Å²) in [5.41, 5.74) is -0.302. The summed E-state index contributed by atoms with van der Waals surface area (Å²) in [5.74, 6) is 0.192. The van der Waals surface area contributed by atoms with Gasteiger partial charge in [0.1, 0.15) is 0 Å². The van der Waals surface area contributed by atoms with Gasteiger partial charge >= 0.3 is 0 Å². The third kappa shape index (κ3) is 2.55. The molecule has 1 aromatic carbocycles. The molecule has 0 spiro atoms. The minimum Gasteiger partial charge on any atom is -0.505 e. The van der Waals surface area contributed by atoms with E-state index in [2.05, 4.69) is 4.90 Å². The first-order chi connectivity index (χ1) is 9.90. The molecule has 3 nitrogen and oxygen atoms in total. The summed E-state index contributed by atoms with van der Waals surface area (Å²) >= 11 is 0. The second kappa shape index (κ2) is 5.25. The van der Waals surface area contributed by atoms with Crippen LogP contribution in [0.4, 0.5) is 4.39 Å². The maximum absolute atomic E-state index is 13.3. The van der Waals surface area contributed by atoms with Crippen LogP contribution in [0.3, 0.4) is 0 Å². The third-order valence-corrected chi connectivity index (χ3v) is 5.37. The molecule has 0 amide bonds. The smallest absolute Gasteiger partial charge is 0.164 e. The standard InChI is InChI=1S/C17H24FNO2/c1-19(2)10-14-12-4-3-11(7-12)9-17(14,21)13-5-6-15(18)16(20)8-13/h5-6,8,11-12,14,20-21H,3-4,7,9-10H2,1-2H3/t11-,12+,14+,17+/m1/s1. The quantitative estimate of drug-likeness (QED) is 0.900. The number of nitrogens with zero attached hydrogens (tertiary/aromatic N) is 1. The first kappa shape index (κ1) is 14.8. The fourth-order valence-corrected chi connectivity index (χ4v) is 4.45. The van der Waals surface area contributed by atoms with Crippen molar-refractivity contribution in [1.82, 2.24) is 4.90 Å². The number of aromatic hydroxyl groups is 1. The van der Waals surface area contributed by atoms with Crippen molar-refractivity contribution in [2.75, 3.05) is 20.6 Å². The van der Waals surface area contributed by atoms with E-state index in [9.17, 15) is 14.6 Å². The number of phenolic OH excluding ortho intramolecular Hbond substituents is 1. The largest absolute Gasteiger partial charge is 0.505 e. The lowest BCUT2D eigenvalue weighted by molar-refractivity contribution is -0.0892. The van der Waals surface area contributed by atoms with Crippen molar-refractivity contribution in [2.45, 2.75) is 31.3 Å². The lowest BCUT2D eigenvalue weighted by atomic mass is 9.66. The van der Waals surface area contributed by atoms with Gasteiger partial charge in [0.05, 0.1) is 5.60 Å². The molecular weight excluding hydrogens is 269 g/mol. The molecule has 0 radical (unpaired) electrons. The number of rotatable bonds is 3. The van der Waals surface area contributed by atoms with Gasteiger partial charge in [-0.05, 0) is 62.9 Å². The van der Waals surface area contributed by atoms with Crippen molar-refractivity contribution >= 4 is 0 Å². The van der Waals surface area contributed by atoms with Crippen molar-refractivity contribution in [1.29, 1.82) is 0 Å². The molecule has 21 heavy (non-hydrogen) atoms. The van der Waals surface area contributed by atoms with Gasteiger partial charge in [-0.15, -0.1) is 0 Å². The van der Waals surface area contributed by atoms with E-state index in [4.69, 9.17) is 0 Å². The highest BCUT2D eigenvalue weighted by Gasteiger charge is 2.51. The number of hydrogen-bond acceptors (Lipinski definition) is 3. The van der Waals surface area contributed by atoms with Gasteiger partial charge in [0.25, 0.3) is 0 Å². The normalized spacial score (nSPS) is 35.4. The van der Waals surface area contributed by atoms with Gasteiger partial charge in [-0.2, -0.15) is 0 Å². The van der Waals surface area contributed by atoms with Crippen molar-refractivity contribution in [2.24, 2.45) is 17.8 Å². The van der Waals surface area contributed by atoms with Crippen LogP contribution >= 0.6 is 0 Å². The molecular formula is C17H24FNO2. The Balaban J connectivity index is 2.00. The molecule has 0 saturated heterocycles. The topological polar surface area (TPSA) is 43.7 Å². The highest BCUT2D eigenvalue weighted by molar-refractivity contribution is 5.34. The summed E-state index contributed by atoms with van der Waals surface area (Å²) in [6.45, 7) is 0.812. The Kier molecular flexibility index (Phi) is 3.70. The predicted octanol–water partition coefficient (Wildman–Crippen LogP) is 2.72. The average Bonchev–Trinajstić information content (AvgIpc) is 2.81. The molecule has 1 aromatic rings. The second-order valence-corrected chi connectivity index (χ2v) is 7.10. The Morgan fingerprint density at radius 2 is 2.10 bits per heavy atom. The molecule has 2 fully saturated rings. The van der Waals surface area contributed by atoms with E-state index in [1.807, 2.05) is 14.1 Å².